The minimum Gasteiger partial charge on any atom is -0.390 e. The third kappa shape index (κ3) is 2.63. The molecular weight excluding hydrogens is 149 g/mol. The predicted molar refractivity (Wildman–Crippen MR) is 36.6 cm³/mol. The van der Waals surface area contributed by atoms with Gasteiger partial charge in [-0.15, -0.1) is 0 Å². The van der Waals surface area contributed by atoms with Crippen LogP contribution >= 0.6 is 0 Å². The Hall–Kier alpha value is -0.970. The van der Waals surface area contributed by atoms with Gasteiger partial charge in [-0.1, -0.05) is 0 Å². The number of nitrogens with zero attached hydrogens (tertiary/aromatic N) is 3. The number of hydrogen-bond donors (Lipinski definition) is 1. The van der Waals surface area contributed by atoms with E-state index < -0.39 is 12.8 Å². The average molecular weight is 159 g/mol. The van der Waals surface area contributed by atoms with Crippen LogP contribution in [0.1, 0.15) is 6.42 Å². The molecule has 0 aromatic carbocycles. The number of aryl methyl sites for hydroxylation is 1. The smallest absolute Gasteiger partial charge is 0.137 e. The second kappa shape index (κ2) is 4.02. The summed E-state index contributed by atoms with van der Waals surface area (Å²) in [5.74, 6) is 0. The molecule has 5 heteroatoms. The van der Waals surface area contributed by atoms with Crippen LogP contribution < -0.4 is 0 Å². The van der Waals surface area contributed by atoms with E-state index >= 15 is 0 Å². The fourth-order valence-electron chi connectivity index (χ4n) is 0.707. The Morgan fingerprint density at radius 2 is 2.45 bits per heavy atom. The number of aliphatic hydroxyl groups is 1. The molecule has 1 N–H and O–H groups in total. The van der Waals surface area contributed by atoms with Crippen molar-refractivity contribution in [2.75, 3.05) is 6.67 Å². The van der Waals surface area contributed by atoms with Crippen molar-refractivity contribution in [1.82, 2.24) is 14.8 Å². The van der Waals surface area contributed by atoms with Crippen LogP contribution in [0.3, 0.4) is 0 Å². The van der Waals surface area contributed by atoms with Crippen LogP contribution in [0, 0.1) is 0 Å². The fourth-order valence-corrected chi connectivity index (χ4v) is 0.707. The first-order valence-corrected chi connectivity index (χ1v) is 3.39. The van der Waals surface area contributed by atoms with Crippen molar-refractivity contribution in [3.05, 3.63) is 12.7 Å². The minimum atomic E-state index is -0.876. The van der Waals surface area contributed by atoms with E-state index in [1.807, 2.05) is 0 Å². The number of aromatic nitrogens is 3. The zero-order valence-corrected chi connectivity index (χ0v) is 6.02. The highest BCUT2D eigenvalue weighted by Crippen LogP contribution is 1.94. The lowest BCUT2D eigenvalue weighted by Crippen LogP contribution is -2.13. The van der Waals surface area contributed by atoms with E-state index in [1.54, 1.807) is 4.68 Å². The average Bonchev–Trinajstić information content (AvgIpc) is 2.52. The molecule has 0 aliphatic carbocycles. The molecule has 1 rings (SSSR count). The molecule has 0 saturated carbocycles. The van der Waals surface area contributed by atoms with Crippen LogP contribution in [0.2, 0.25) is 0 Å². The van der Waals surface area contributed by atoms with E-state index in [2.05, 4.69) is 10.1 Å². The molecule has 1 heterocycles. The zero-order valence-electron chi connectivity index (χ0n) is 6.02. The lowest BCUT2D eigenvalue weighted by molar-refractivity contribution is 0.125. The van der Waals surface area contributed by atoms with E-state index in [0.717, 1.165) is 0 Å². The second-order valence-electron chi connectivity index (χ2n) is 2.26. The molecule has 1 atom stereocenters. The maximum atomic E-state index is 11.7. The van der Waals surface area contributed by atoms with Crippen molar-refractivity contribution >= 4 is 0 Å². The summed E-state index contributed by atoms with van der Waals surface area (Å²) in [5, 5.41) is 12.6. The lowest BCUT2D eigenvalue weighted by Gasteiger charge is -2.04. The molecule has 0 bridgehead atoms. The van der Waals surface area contributed by atoms with Crippen molar-refractivity contribution in [1.29, 1.82) is 0 Å². The summed E-state index contributed by atoms with van der Waals surface area (Å²) in [4.78, 5) is 3.70. The molecule has 0 amide bonds. The highest BCUT2D eigenvalue weighted by atomic mass is 19.1. The molecule has 1 aromatic heterocycles. The maximum absolute atomic E-state index is 11.7. The van der Waals surface area contributed by atoms with Gasteiger partial charge in [-0.3, -0.25) is 4.68 Å². The number of aliphatic hydroxyl groups excluding tert-OH is 1. The quantitative estimate of drug-likeness (QED) is 0.672. The first-order chi connectivity index (χ1) is 5.33. The Kier molecular flexibility index (Phi) is 2.97. The van der Waals surface area contributed by atoms with Crippen LogP contribution in [0.15, 0.2) is 12.7 Å². The van der Waals surface area contributed by atoms with Crippen LogP contribution in [0.4, 0.5) is 4.39 Å². The predicted octanol–water partition coefficient (Wildman–Crippen LogP) is -0.00140. The van der Waals surface area contributed by atoms with Gasteiger partial charge in [0.15, 0.2) is 0 Å². The Labute approximate surface area is 63.7 Å². The largest absolute Gasteiger partial charge is 0.390 e. The molecule has 0 aliphatic heterocycles. The molecule has 62 valence electrons. The molecule has 1 unspecified atom stereocenters. The Balaban J connectivity index is 2.23. The molecule has 0 aliphatic rings. The highest BCUT2D eigenvalue weighted by Gasteiger charge is 2.02. The second-order valence-corrected chi connectivity index (χ2v) is 2.26. The molecule has 0 radical (unpaired) electrons. The van der Waals surface area contributed by atoms with Crippen molar-refractivity contribution < 1.29 is 9.50 Å². The molecule has 0 spiro atoms. The number of rotatable bonds is 4. The molecule has 0 fully saturated rings. The van der Waals surface area contributed by atoms with Crippen molar-refractivity contribution in [3.8, 4) is 0 Å². The third-order valence-electron chi connectivity index (χ3n) is 1.34. The monoisotopic (exact) mass is 159 g/mol. The molecule has 11 heavy (non-hydrogen) atoms. The minimum absolute atomic E-state index is 0.375. The Morgan fingerprint density at radius 3 is 3.00 bits per heavy atom. The summed E-state index contributed by atoms with van der Waals surface area (Å²) in [6.07, 6.45) is 2.44. The van der Waals surface area contributed by atoms with E-state index in [9.17, 15) is 4.39 Å². The zero-order chi connectivity index (χ0) is 8.10. The van der Waals surface area contributed by atoms with Crippen LogP contribution in [0.5, 0.6) is 0 Å². The summed E-state index contributed by atoms with van der Waals surface area (Å²) in [6, 6.07) is 0. The summed E-state index contributed by atoms with van der Waals surface area (Å²) in [6.45, 7) is -0.195. The summed E-state index contributed by atoms with van der Waals surface area (Å²) >= 11 is 0. The standard InChI is InChI=1S/C6H10FN3O/c7-3-6(11)1-2-10-5-8-4-9-10/h4-6,11H,1-3H2. The molecular formula is C6H10FN3O. The van der Waals surface area contributed by atoms with E-state index in [4.69, 9.17) is 5.11 Å². The number of halogens is 1. The van der Waals surface area contributed by atoms with Gasteiger partial charge in [-0.05, 0) is 6.42 Å². The van der Waals surface area contributed by atoms with Crippen LogP contribution in [-0.4, -0.2) is 32.6 Å². The van der Waals surface area contributed by atoms with Gasteiger partial charge >= 0.3 is 0 Å². The highest BCUT2D eigenvalue weighted by molar-refractivity contribution is 4.58. The molecule has 0 saturated heterocycles. The summed E-state index contributed by atoms with van der Waals surface area (Å²) in [5.41, 5.74) is 0. The van der Waals surface area contributed by atoms with Crippen molar-refractivity contribution in [3.63, 3.8) is 0 Å². The van der Waals surface area contributed by atoms with Gasteiger partial charge in [-0.25, -0.2) is 9.37 Å². The van der Waals surface area contributed by atoms with Gasteiger partial charge in [0, 0.05) is 6.54 Å². The third-order valence-corrected chi connectivity index (χ3v) is 1.34. The number of hydrogen-bond acceptors (Lipinski definition) is 3. The molecule has 1 aromatic rings. The van der Waals surface area contributed by atoms with E-state index in [-0.39, 0.29) is 0 Å². The van der Waals surface area contributed by atoms with E-state index in [1.165, 1.54) is 12.7 Å². The first kappa shape index (κ1) is 8.13. The van der Waals surface area contributed by atoms with Crippen molar-refractivity contribution in [2.24, 2.45) is 0 Å². The Morgan fingerprint density at radius 1 is 1.64 bits per heavy atom. The van der Waals surface area contributed by atoms with Gasteiger partial charge < -0.3 is 5.11 Å². The topological polar surface area (TPSA) is 50.9 Å². The maximum Gasteiger partial charge on any atom is 0.137 e. The molecule has 4 nitrogen and oxygen atoms in total. The fraction of sp³-hybridized carbons (Fsp3) is 0.667. The van der Waals surface area contributed by atoms with E-state index in [0.29, 0.717) is 13.0 Å². The van der Waals surface area contributed by atoms with Crippen LogP contribution in [-0.2, 0) is 6.54 Å². The summed E-state index contributed by atoms with van der Waals surface area (Å²) in [7, 11) is 0. The van der Waals surface area contributed by atoms with Gasteiger partial charge in [0.2, 0.25) is 0 Å². The Bertz CT molecular complexity index is 190. The first-order valence-electron chi connectivity index (χ1n) is 3.39. The lowest BCUT2D eigenvalue weighted by atomic mass is 10.3. The number of alkyl halides is 1. The SMILES string of the molecule is OC(CF)CCn1cncn1. The summed E-state index contributed by atoms with van der Waals surface area (Å²) < 4.78 is 13.3. The van der Waals surface area contributed by atoms with Gasteiger partial charge in [0.25, 0.3) is 0 Å². The van der Waals surface area contributed by atoms with Crippen LogP contribution in [0.25, 0.3) is 0 Å². The van der Waals surface area contributed by atoms with Gasteiger partial charge in [0.05, 0.1) is 6.10 Å². The van der Waals surface area contributed by atoms with Gasteiger partial charge in [0.1, 0.15) is 19.3 Å². The van der Waals surface area contributed by atoms with Gasteiger partial charge in [-0.2, -0.15) is 5.10 Å². The van der Waals surface area contributed by atoms with Crippen molar-refractivity contribution in [2.45, 2.75) is 19.1 Å². The normalized spacial score (nSPS) is 13.3.